The minimum absolute atomic E-state index is 0.0767. The number of likely N-dealkylation sites (N-methyl/N-ethyl adjacent to an activating group) is 1. The average molecular weight is 244 g/mol. The maximum absolute atomic E-state index is 11.9. The molecular formula is C15H20N2O. The Labute approximate surface area is 109 Å². The van der Waals surface area contributed by atoms with Crippen LogP contribution in [0.5, 0.6) is 0 Å². The highest BCUT2D eigenvalue weighted by molar-refractivity contribution is 5.80. The Morgan fingerprint density at radius 1 is 1.39 bits per heavy atom. The molecule has 0 radical (unpaired) electrons. The Morgan fingerprint density at radius 2 is 2.00 bits per heavy atom. The average Bonchev–Trinajstić information content (AvgIpc) is 2.39. The summed E-state index contributed by atoms with van der Waals surface area (Å²) in [4.78, 5) is 13.5. The van der Waals surface area contributed by atoms with E-state index in [4.69, 9.17) is 5.26 Å². The number of hydrogen-bond donors (Lipinski definition) is 0. The topological polar surface area (TPSA) is 44.1 Å². The van der Waals surface area contributed by atoms with Gasteiger partial charge in [-0.3, -0.25) is 4.79 Å². The first-order valence-corrected chi connectivity index (χ1v) is 6.28. The van der Waals surface area contributed by atoms with Gasteiger partial charge in [0, 0.05) is 13.6 Å². The van der Waals surface area contributed by atoms with E-state index in [1.807, 2.05) is 13.0 Å². The normalized spacial score (nSPS) is 11.7. The summed E-state index contributed by atoms with van der Waals surface area (Å²) in [6.45, 7) is 4.57. The second-order valence-electron chi connectivity index (χ2n) is 4.59. The number of aryl methyl sites for hydroxylation is 1. The largest absolute Gasteiger partial charge is 0.344 e. The zero-order valence-corrected chi connectivity index (χ0v) is 11.3. The van der Waals surface area contributed by atoms with Gasteiger partial charge in [0.25, 0.3) is 0 Å². The quantitative estimate of drug-likeness (QED) is 0.799. The van der Waals surface area contributed by atoms with Gasteiger partial charge < -0.3 is 4.90 Å². The van der Waals surface area contributed by atoms with Crippen molar-refractivity contribution in [3.63, 3.8) is 0 Å². The maximum Gasteiger partial charge on any atom is 0.239 e. The van der Waals surface area contributed by atoms with Crippen molar-refractivity contribution in [1.29, 1.82) is 5.26 Å². The molecule has 0 bridgehead atoms. The molecular weight excluding hydrogens is 224 g/mol. The molecule has 1 aromatic rings. The molecule has 0 saturated heterocycles. The Hall–Kier alpha value is -1.82. The van der Waals surface area contributed by atoms with Crippen LogP contribution < -0.4 is 0 Å². The van der Waals surface area contributed by atoms with Crippen LogP contribution in [0.2, 0.25) is 0 Å². The number of nitriles is 1. The second-order valence-corrected chi connectivity index (χ2v) is 4.59. The number of amides is 1. The molecule has 0 aliphatic heterocycles. The molecule has 0 saturated carbocycles. The van der Waals surface area contributed by atoms with E-state index < -0.39 is 5.92 Å². The first-order valence-electron chi connectivity index (χ1n) is 6.28. The van der Waals surface area contributed by atoms with Crippen molar-refractivity contribution in [2.75, 3.05) is 13.6 Å². The van der Waals surface area contributed by atoms with Gasteiger partial charge in [0.05, 0.1) is 6.07 Å². The molecule has 0 heterocycles. The van der Waals surface area contributed by atoms with Gasteiger partial charge in [-0.25, -0.2) is 0 Å². The van der Waals surface area contributed by atoms with E-state index in [1.165, 1.54) is 11.1 Å². The lowest BCUT2D eigenvalue weighted by atomic mass is 10.1. The van der Waals surface area contributed by atoms with E-state index in [1.54, 1.807) is 11.9 Å². The Balaban J connectivity index is 2.51. The molecule has 0 aromatic heterocycles. The van der Waals surface area contributed by atoms with Crippen LogP contribution in [0.25, 0.3) is 0 Å². The number of hydrogen-bond acceptors (Lipinski definition) is 2. The van der Waals surface area contributed by atoms with Crippen LogP contribution in [0, 0.1) is 24.2 Å². The van der Waals surface area contributed by atoms with Gasteiger partial charge in [-0.15, -0.1) is 0 Å². The van der Waals surface area contributed by atoms with E-state index in [2.05, 4.69) is 31.2 Å². The summed E-state index contributed by atoms with van der Waals surface area (Å²) in [5.74, 6) is -0.583. The van der Waals surface area contributed by atoms with E-state index in [-0.39, 0.29) is 5.91 Å². The van der Waals surface area contributed by atoms with Crippen molar-refractivity contribution in [1.82, 2.24) is 4.90 Å². The predicted octanol–water partition coefficient (Wildman–Crippen LogP) is 2.55. The van der Waals surface area contributed by atoms with Crippen molar-refractivity contribution in [3.8, 4) is 6.07 Å². The smallest absolute Gasteiger partial charge is 0.239 e. The lowest BCUT2D eigenvalue weighted by molar-refractivity contribution is -0.132. The predicted molar refractivity (Wildman–Crippen MR) is 71.9 cm³/mol. The van der Waals surface area contributed by atoms with Crippen LogP contribution in [0.4, 0.5) is 0 Å². The van der Waals surface area contributed by atoms with Crippen molar-refractivity contribution in [3.05, 3.63) is 35.4 Å². The minimum atomic E-state index is -0.506. The van der Waals surface area contributed by atoms with Gasteiger partial charge in [0.1, 0.15) is 5.92 Å². The first-order chi connectivity index (χ1) is 8.58. The molecule has 18 heavy (non-hydrogen) atoms. The van der Waals surface area contributed by atoms with Crippen molar-refractivity contribution in [2.45, 2.75) is 26.7 Å². The molecule has 3 nitrogen and oxygen atoms in total. The molecule has 0 aliphatic carbocycles. The van der Waals surface area contributed by atoms with Gasteiger partial charge in [-0.05, 0) is 25.3 Å². The molecule has 0 spiro atoms. The van der Waals surface area contributed by atoms with Crippen molar-refractivity contribution >= 4 is 5.91 Å². The number of nitrogens with zero attached hydrogens (tertiary/aromatic N) is 2. The second kappa shape index (κ2) is 6.80. The van der Waals surface area contributed by atoms with Crippen LogP contribution in [0.3, 0.4) is 0 Å². The lowest BCUT2D eigenvalue weighted by Gasteiger charge is -2.19. The number of benzene rings is 1. The van der Waals surface area contributed by atoms with Crippen molar-refractivity contribution < 1.29 is 4.79 Å². The molecule has 1 amide bonds. The molecule has 0 fully saturated rings. The van der Waals surface area contributed by atoms with Gasteiger partial charge in [-0.1, -0.05) is 36.8 Å². The highest BCUT2D eigenvalue weighted by atomic mass is 16.2. The number of carbonyl (C=O) groups excluding carboxylic acids is 1. The monoisotopic (exact) mass is 244 g/mol. The SMILES string of the molecule is CCC(C#N)C(=O)N(C)CCc1ccc(C)cc1. The number of rotatable bonds is 5. The van der Waals surface area contributed by atoms with E-state index in [0.717, 1.165) is 6.42 Å². The summed E-state index contributed by atoms with van der Waals surface area (Å²) in [5, 5.41) is 8.86. The Kier molecular flexibility index (Phi) is 5.38. The van der Waals surface area contributed by atoms with Crippen LogP contribution in [0.1, 0.15) is 24.5 Å². The molecule has 1 rings (SSSR count). The third-order valence-corrected chi connectivity index (χ3v) is 3.09. The summed E-state index contributed by atoms with van der Waals surface area (Å²) in [5.41, 5.74) is 2.45. The van der Waals surface area contributed by atoms with Crippen LogP contribution in [-0.4, -0.2) is 24.4 Å². The fraction of sp³-hybridized carbons (Fsp3) is 0.467. The Bertz CT molecular complexity index is 431. The fourth-order valence-electron chi connectivity index (χ4n) is 1.75. The summed E-state index contributed by atoms with van der Waals surface area (Å²) >= 11 is 0. The van der Waals surface area contributed by atoms with Gasteiger partial charge in [-0.2, -0.15) is 5.26 Å². The van der Waals surface area contributed by atoms with E-state index in [9.17, 15) is 4.79 Å². The summed E-state index contributed by atoms with van der Waals surface area (Å²) in [6, 6.07) is 10.3. The molecule has 1 unspecified atom stereocenters. The lowest BCUT2D eigenvalue weighted by Crippen LogP contribution is -2.33. The van der Waals surface area contributed by atoms with E-state index >= 15 is 0 Å². The van der Waals surface area contributed by atoms with Crippen LogP contribution in [0.15, 0.2) is 24.3 Å². The first kappa shape index (κ1) is 14.2. The zero-order valence-electron chi connectivity index (χ0n) is 11.3. The van der Waals surface area contributed by atoms with Gasteiger partial charge in [0.15, 0.2) is 0 Å². The molecule has 1 atom stereocenters. The molecule has 3 heteroatoms. The van der Waals surface area contributed by atoms with Crippen LogP contribution >= 0.6 is 0 Å². The summed E-state index contributed by atoms with van der Waals surface area (Å²) in [6.07, 6.45) is 1.40. The molecule has 96 valence electrons. The van der Waals surface area contributed by atoms with Gasteiger partial charge >= 0.3 is 0 Å². The highest BCUT2D eigenvalue weighted by Gasteiger charge is 2.19. The van der Waals surface area contributed by atoms with Gasteiger partial charge in [0.2, 0.25) is 5.91 Å². The van der Waals surface area contributed by atoms with E-state index in [0.29, 0.717) is 13.0 Å². The zero-order chi connectivity index (χ0) is 13.5. The fourth-order valence-corrected chi connectivity index (χ4v) is 1.75. The maximum atomic E-state index is 11.9. The highest BCUT2D eigenvalue weighted by Crippen LogP contribution is 2.08. The summed E-state index contributed by atoms with van der Waals surface area (Å²) < 4.78 is 0. The standard InChI is InChI=1S/C15H20N2O/c1-4-14(11-16)15(18)17(3)10-9-13-7-5-12(2)6-8-13/h5-8,14H,4,9-10H2,1-3H3. The van der Waals surface area contributed by atoms with Crippen molar-refractivity contribution in [2.24, 2.45) is 5.92 Å². The number of carbonyl (C=O) groups is 1. The Morgan fingerprint density at radius 3 is 2.50 bits per heavy atom. The summed E-state index contributed by atoms with van der Waals surface area (Å²) in [7, 11) is 1.76. The minimum Gasteiger partial charge on any atom is -0.344 e. The van der Waals surface area contributed by atoms with Crippen LogP contribution in [-0.2, 0) is 11.2 Å². The molecule has 0 N–H and O–H groups in total. The third kappa shape index (κ3) is 3.89. The third-order valence-electron chi connectivity index (χ3n) is 3.09. The molecule has 0 aliphatic rings. The molecule has 1 aromatic carbocycles.